The van der Waals surface area contributed by atoms with Crippen LogP contribution in [0.1, 0.15) is 6.92 Å². The molecule has 0 atom stereocenters. The van der Waals surface area contributed by atoms with Crippen molar-refractivity contribution in [2.45, 2.75) is 13.6 Å². The second-order valence-electron chi connectivity index (χ2n) is 7.70. The lowest BCUT2D eigenvalue weighted by molar-refractivity contribution is 0.355. The van der Waals surface area contributed by atoms with E-state index in [0.717, 1.165) is 57.9 Å². The molecule has 4 heterocycles. The topological polar surface area (TPSA) is 44.5 Å². The molecule has 6 nitrogen and oxygen atoms in total. The number of aryl methyl sites for hydroxylation is 1. The number of hydrogen-bond donors (Lipinski definition) is 0. The van der Waals surface area contributed by atoms with Crippen molar-refractivity contribution in [1.29, 1.82) is 0 Å². The molecule has 164 valence electrons. The Hall–Kier alpha value is -3.45. The van der Waals surface area contributed by atoms with Gasteiger partial charge in [0.1, 0.15) is 5.65 Å². The van der Waals surface area contributed by atoms with Gasteiger partial charge in [-0.1, -0.05) is 0 Å². The second-order valence-corrected chi connectivity index (χ2v) is 8.63. The molecule has 4 aromatic heterocycles. The third-order valence-electron chi connectivity index (χ3n) is 5.94. The van der Waals surface area contributed by atoms with Crippen LogP contribution in [0.5, 0.6) is 11.5 Å². The first kappa shape index (κ1) is 20.5. The molecule has 5 aromatic rings. The summed E-state index contributed by atoms with van der Waals surface area (Å²) in [4.78, 5) is 7.10. The van der Waals surface area contributed by atoms with Crippen LogP contribution in [0.25, 0.3) is 33.2 Å². The average molecular weight is 447 g/mol. The monoisotopic (exact) mass is 446 g/mol. The van der Waals surface area contributed by atoms with Gasteiger partial charge in [0.2, 0.25) is 0 Å². The number of benzene rings is 1. The fourth-order valence-electron chi connectivity index (χ4n) is 4.31. The molecule has 0 aliphatic carbocycles. The maximum Gasteiger partial charge on any atom is 0.162 e. The first-order valence-corrected chi connectivity index (χ1v) is 11.5. The summed E-state index contributed by atoms with van der Waals surface area (Å²) in [6, 6.07) is 14.7. The van der Waals surface area contributed by atoms with Crippen LogP contribution in [0.4, 0.5) is 5.00 Å². The normalized spacial score (nSPS) is 11.4. The average Bonchev–Trinajstić information content (AvgIpc) is 3.54. The molecule has 0 saturated carbocycles. The molecule has 32 heavy (non-hydrogen) atoms. The van der Waals surface area contributed by atoms with Crippen molar-refractivity contribution in [3.05, 3.63) is 60.2 Å². The molecule has 0 aliphatic rings. The quantitative estimate of drug-likeness (QED) is 0.319. The minimum atomic E-state index is 0.719. The van der Waals surface area contributed by atoms with E-state index in [1.54, 1.807) is 25.6 Å². The molecule has 0 unspecified atom stereocenters. The standard InChI is InChI=1S/C25H26N4O2S/c1-5-28(24-9-7-11-32-24)16-29-21(12-17-8-6-10-26-25(17)29)19-15-27(2)20-14-23(31-4)22(30-3)13-18(19)20/h6-15H,5,16H2,1-4H3. The molecule has 0 N–H and O–H groups in total. The SMILES string of the molecule is CCN(Cn1c(-c2cn(C)c3cc(OC)c(OC)cc23)cc2cccnc21)c1cccs1. The van der Waals surface area contributed by atoms with Gasteiger partial charge in [0.05, 0.1) is 37.1 Å². The number of thiophene rings is 1. The number of ether oxygens (including phenoxy) is 2. The van der Waals surface area contributed by atoms with Gasteiger partial charge < -0.3 is 23.5 Å². The zero-order valence-electron chi connectivity index (χ0n) is 18.7. The number of rotatable bonds is 7. The van der Waals surface area contributed by atoms with E-state index >= 15 is 0 Å². The summed E-state index contributed by atoms with van der Waals surface area (Å²) in [5.74, 6) is 1.45. The van der Waals surface area contributed by atoms with Gasteiger partial charge in [-0.15, -0.1) is 11.3 Å². The van der Waals surface area contributed by atoms with Crippen LogP contribution in [0.3, 0.4) is 0 Å². The zero-order chi connectivity index (χ0) is 22.2. The molecule has 0 fully saturated rings. The molecule has 0 radical (unpaired) electrons. The van der Waals surface area contributed by atoms with Crippen LogP contribution in [0.15, 0.2) is 60.2 Å². The number of aromatic nitrogens is 3. The minimum Gasteiger partial charge on any atom is -0.493 e. The highest BCUT2D eigenvalue weighted by molar-refractivity contribution is 7.14. The van der Waals surface area contributed by atoms with E-state index in [2.05, 4.69) is 69.9 Å². The Labute approximate surface area is 191 Å². The van der Waals surface area contributed by atoms with E-state index in [1.807, 2.05) is 18.3 Å². The Morgan fingerprint density at radius 2 is 1.88 bits per heavy atom. The highest BCUT2D eigenvalue weighted by Crippen LogP contribution is 2.39. The number of hydrogen-bond acceptors (Lipinski definition) is 5. The lowest BCUT2D eigenvalue weighted by Gasteiger charge is -2.23. The van der Waals surface area contributed by atoms with Crippen LogP contribution in [0.2, 0.25) is 0 Å². The van der Waals surface area contributed by atoms with Crippen molar-refractivity contribution in [1.82, 2.24) is 14.1 Å². The second kappa shape index (κ2) is 8.24. The predicted octanol–water partition coefficient (Wildman–Crippen LogP) is 5.76. The molecule has 0 spiro atoms. The summed E-state index contributed by atoms with van der Waals surface area (Å²) >= 11 is 1.76. The third-order valence-corrected chi connectivity index (χ3v) is 6.87. The highest BCUT2D eigenvalue weighted by Gasteiger charge is 2.20. The van der Waals surface area contributed by atoms with E-state index in [9.17, 15) is 0 Å². The van der Waals surface area contributed by atoms with Gasteiger partial charge >= 0.3 is 0 Å². The Balaban J connectivity index is 1.73. The Kier molecular flexibility index (Phi) is 5.27. The number of methoxy groups -OCH3 is 2. The Morgan fingerprint density at radius 3 is 2.59 bits per heavy atom. The van der Waals surface area contributed by atoms with Crippen molar-refractivity contribution < 1.29 is 9.47 Å². The Morgan fingerprint density at radius 1 is 1.06 bits per heavy atom. The van der Waals surface area contributed by atoms with Gasteiger partial charge in [-0.2, -0.15) is 0 Å². The number of nitrogens with zero attached hydrogens (tertiary/aromatic N) is 4. The molecule has 0 saturated heterocycles. The Bertz CT molecular complexity index is 1380. The number of pyridine rings is 1. The summed E-state index contributed by atoms with van der Waals surface area (Å²) in [6.07, 6.45) is 4.04. The van der Waals surface area contributed by atoms with E-state index in [4.69, 9.17) is 14.5 Å². The maximum atomic E-state index is 5.60. The van der Waals surface area contributed by atoms with Gasteiger partial charge in [0.15, 0.2) is 11.5 Å². The fraction of sp³-hybridized carbons (Fsp3) is 0.240. The lowest BCUT2D eigenvalue weighted by Crippen LogP contribution is -2.25. The molecule has 0 bridgehead atoms. The van der Waals surface area contributed by atoms with Gasteiger partial charge in [-0.05, 0) is 48.7 Å². The molecule has 1 aromatic carbocycles. The summed E-state index contributed by atoms with van der Waals surface area (Å²) in [7, 11) is 5.40. The fourth-order valence-corrected chi connectivity index (χ4v) is 5.10. The van der Waals surface area contributed by atoms with Crippen LogP contribution in [0, 0.1) is 0 Å². The largest absolute Gasteiger partial charge is 0.493 e. The summed E-state index contributed by atoms with van der Waals surface area (Å²) in [5, 5.41) is 5.62. The van der Waals surface area contributed by atoms with Crippen molar-refractivity contribution in [3.8, 4) is 22.8 Å². The molecule has 0 amide bonds. The first-order chi connectivity index (χ1) is 15.6. The van der Waals surface area contributed by atoms with Crippen molar-refractivity contribution in [3.63, 3.8) is 0 Å². The third kappa shape index (κ3) is 3.29. The highest BCUT2D eigenvalue weighted by atomic mass is 32.1. The smallest absolute Gasteiger partial charge is 0.162 e. The van der Waals surface area contributed by atoms with Gasteiger partial charge in [-0.3, -0.25) is 0 Å². The maximum absolute atomic E-state index is 5.60. The van der Waals surface area contributed by atoms with Crippen molar-refractivity contribution >= 4 is 38.3 Å². The summed E-state index contributed by atoms with van der Waals surface area (Å²) < 4.78 is 15.6. The van der Waals surface area contributed by atoms with Gasteiger partial charge in [-0.25, -0.2) is 4.98 Å². The van der Waals surface area contributed by atoms with Crippen LogP contribution < -0.4 is 14.4 Å². The van der Waals surface area contributed by atoms with E-state index in [1.165, 1.54) is 5.00 Å². The van der Waals surface area contributed by atoms with Crippen LogP contribution >= 0.6 is 11.3 Å². The minimum absolute atomic E-state index is 0.719. The first-order valence-electron chi connectivity index (χ1n) is 10.6. The van der Waals surface area contributed by atoms with E-state index in [-0.39, 0.29) is 0 Å². The van der Waals surface area contributed by atoms with E-state index in [0.29, 0.717) is 0 Å². The lowest BCUT2D eigenvalue weighted by atomic mass is 10.1. The van der Waals surface area contributed by atoms with Gasteiger partial charge in [0, 0.05) is 48.4 Å². The molecule has 0 aliphatic heterocycles. The molecule has 7 heteroatoms. The molecular formula is C25H26N4O2S. The summed E-state index contributed by atoms with van der Waals surface area (Å²) in [5.41, 5.74) is 4.35. The van der Waals surface area contributed by atoms with Crippen molar-refractivity contribution in [2.75, 3.05) is 25.7 Å². The number of fused-ring (bicyclic) bond motifs is 2. The van der Waals surface area contributed by atoms with Crippen molar-refractivity contribution in [2.24, 2.45) is 7.05 Å². The molecule has 5 rings (SSSR count). The van der Waals surface area contributed by atoms with E-state index < -0.39 is 0 Å². The summed E-state index contributed by atoms with van der Waals surface area (Å²) in [6.45, 7) is 3.82. The van der Waals surface area contributed by atoms with Gasteiger partial charge in [0.25, 0.3) is 0 Å². The van der Waals surface area contributed by atoms with Crippen LogP contribution in [-0.2, 0) is 13.7 Å². The number of anilines is 1. The predicted molar refractivity (Wildman–Crippen MR) is 132 cm³/mol. The zero-order valence-corrected chi connectivity index (χ0v) is 19.5. The van der Waals surface area contributed by atoms with Crippen LogP contribution in [-0.4, -0.2) is 34.9 Å². The molecular weight excluding hydrogens is 420 g/mol.